The van der Waals surface area contributed by atoms with Crippen molar-refractivity contribution in [2.24, 2.45) is 0 Å². The number of nitrogens with one attached hydrogen (secondary N) is 2. The summed E-state index contributed by atoms with van der Waals surface area (Å²) in [4.78, 5) is 11.7. The molecule has 0 fully saturated rings. The van der Waals surface area contributed by atoms with Gasteiger partial charge < -0.3 is 14.8 Å². The molecule has 1 amide bonds. The van der Waals surface area contributed by atoms with Crippen molar-refractivity contribution in [1.82, 2.24) is 10.0 Å². The quantitative estimate of drug-likeness (QED) is 0.686. The van der Waals surface area contributed by atoms with Gasteiger partial charge in [0, 0.05) is 6.54 Å². The van der Waals surface area contributed by atoms with Crippen LogP contribution in [0.15, 0.2) is 41.3 Å². The van der Waals surface area contributed by atoms with Gasteiger partial charge in [-0.1, -0.05) is 23.7 Å². The van der Waals surface area contributed by atoms with Crippen LogP contribution in [0.4, 0.5) is 4.39 Å². The molecule has 0 aromatic heterocycles. The molecule has 29 heavy (non-hydrogen) atoms. The second-order valence-electron chi connectivity index (χ2n) is 6.42. The Morgan fingerprint density at radius 2 is 1.97 bits per heavy atom. The van der Waals surface area contributed by atoms with Crippen LogP contribution in [-0.4, -0.2) is 40.1 Å². The second-order valence-corrected chi connectivity index (χ2v) is 8.51. The number of carbonyl (C=O) groups is 1. The Morgan fingerprint density at radius 3 is 2.72 bits per heavy atom. The summed E-state index contributed by atoms with van der Waals surface area (Å²) in [5.74, 6) is -0.366. The predicted octanol–water partition coefficient (Wildman–Crippen LogP) is 2.28. The molecule has 7 nitrogen and oxygen atoms in total. The lowest BCUT2D eigenvalue weighted by Crippen LogP contribution is -2.45. The third kappa shape index (κ3) is 5.17. The molecular weight excluding hydrogens is 423 g/mol. The van der Waals surface area contributed by atoms with Gasteiger partial charge in [0.25, 0.3) is 0 Å². The van der Waals surface area contributed by atoms with Crippen molar-refractivity contribution in [3.8, 4) is 11.5 Å². The van der Waals surface area contributed by atoms with Crippen LogP contribution in [0.5, 0.6) is 11.5 Å². The Labute approximate surface area is 173 Å². The number of hydrogen-bond donors (Lipinski definition) is 2. The van der Waals surface area contributed by atoms with Crippen molar-refractivity contribution in [3.05, 3.63) is 52.8 Å². The van der Waals surface area contributed by atoms with Crippen LogP contribution in [0.25, 0.3) is 0 Å². The number of sulfonamides is 1. The molecule has 0 spiro atoms. The number of hydrogen-bond acceptors (Lipinski definition) is 5. The minimum Gasteiger partial charge on any atom is -0.486 e. The summed E-state index contributed by atoms with van der Waals surface area (Å²) >= 11 is 6.18. The number of rotatable bonds is 7. The molecule has 1 aliphatic heterocycles. The van der Waals surface area contributed by atoms with E-state index in [9.17, 15) is 17.6 Å². The van der Waals surface area contributed by atoms with E-state index in [4.69, 9.17) is 21.1 Å². The van der Waals surface area contributed by atoms with E-state index in [1.807, 2.05) is 0 Å². The highest BCUT2D eigenvalue weighted by molar-refractivity contribution is 7.89. The maximum absolute atomic E-state index is 13.7. The fourth-order valence-electron chi connectivity index (χ4n) is 2.80. The van der Waals surface area contributed by atoms with E-state index < -0.39 is 32.7 Å². The molecule has 0 saturated carbocycles. The Kier molecular flexibility index (Phi) is 6.61. The van der Waals surface area contributed by atoms with E-state index in [2.05, 4.69) is 10.0 Å². The fraction of sp³-hybridized carbons (Fsp3) is 0.316. The topological polar surface area (TPSA) is 93.7 Å². The van der Waals surface area contributed by atoms with E-state index in [0.29, 0.717) is 36.2 Å². The number of ether oxygens (including phenoxy) is 2. The first-order valence-corrected chi connectivity index (χ1v) is 10.8. The molecule has 0 bridgehead atoms. The van der Waals surface area contributed by atoms with Crippen molar-refractivity contribution in [3.63, 3.8) is 0 Å². The highest BCUT2D eigenvalue weighted by atomic mass is 35.5. The van der Waals surface area contributed by atoms with Gasteiger partial charge in [-0.15, -0.1) is 0 Å². The minimum absolute atomic E-state index is 0.251. The fourth-order valence-corrected chi connectivity index (χ4v) is 4.37. The lowest BCUT2D eigenvalue weighted by atomic mass is 10.1. The lowest BCUT2D eigenvalue weighted by Gasteiger charge is -2.20. The molecule has 3 rings (SSSR count). The van der Waals surface area contributed by atoms with Crippen LogP contribution in [0.2, 0.25) is 5.02 Å². The average Bonchev–Trinajstić information content (AvgIpc) is 2.68. The maximum atomic E-state index is 13.7. The molecular formula is C19H20ClFN2O5S. The monoisotopic (exact) mass is 442 g/mol. The smallest absolute Gasteiger partial charge is 0.244 e. The third-order valence-electron chi connectivity index (χ3n) is 4.22. The highest BCUT2D eigenvalue weighted by Crippen LogP contribution is 2.38. The van der Waals surface area contributed by atoms with Crippen molar-refractivity contribution in [2.75, 3.05) is 19.8 Å². The summed E-state index contributed by atoms with van der Waals surface area (Å²) < 4.78 is 51.4. The normalized spacial score (nSPS) is 14.3. The molecule has 0 radical (unpaired) electrons. The van der Waals surface area contributed by atoms with Crippen molar-refractivity contribution >= 4 is 27.5 Å². The number of fused-ring (bicyclic) bond motifs is 1. The standard InChI is InChI=1S/C19H20ClFN2O5S/c1-12(23-29(25,26)17-5-3-2-4-15(17)21)19(24)22-7-6-13-10-14(20)18-16(11-13)27-8-9-28-18/h2-5,10-12,23H,6-9H2,1H3,(H,22,24)/t12-/m0/s1. The summed E-state index contributed by atoms with van der Waals surface area (Å²) in [7, 11) is -4.16. The SMILES string of the molecule is C[C@H](NS(=O)(=O)c1ccccc1F)C(=O)NCCc1cc(Cl)c2c(c1)OCCO2. The zero-order valence-electron chi connectivity index (χ0n) is 15.6. The van der Waals surface area contributed by atoms with Crippen LogP contribution in [0.3, 0.4) is 0 Å². The third-order valence-corrected chi connectivity index (χ3v) is 6.08. The van der Waals surface area contributed by atoms with Gasteiger partial charge in [-0.25, -0.2) is 12.8 Å². The molecule has 0 aliphatic carbocycles. The van der Waals surface area contributed by atoms with Crippen LogP contribution >= 0.6 is 11.6 Å². The predicted molar refractivity (Wildman–Crippen MR) is 105 cm³/mol. The van der Waals surface area contributed by atoms with Gasteiger partial charge in [0.05, 0.1) is 11.1 Å². The largest absolute Gasteiger partial charge is 0.486 e. The molecule has 2 N–H and O–H groups in total. The zero-order valence-corrected chi connectivity index (χ0v) is 17.1. The van der Waals surface area contributed by atoms with Crippen LogP contribution in [0, 0.1) is 5.82 Å². The molecule has 2 aromatic rings. The molecule has 1 heterocycles. The molecule has 2 aromatic carbocycles. The van der Waals surface area contributed by atoms with Gasteiger partial charge in [0.1, 0.15) is 23.9 Å². The number of benzene rings is 2. The summed E-state index contributed by atoms with van der Waals surface area (Å²) in [6, 6.07) is 7.40. The van der Waals surface area contributed by atoms with Crippen LogP contribution in [-0.2, 0) is 21.2 Å². The van der Waals surface area contributed by atoms with Crippen molar-refractivity contribution in [2.45, 2.75) is 24.3 Å². The van der Waals surface area contributed by atoms with E-state index in [1.54, 1.807) is 12.1 Å². The van der Waals surface area contributed by atoms with Crippen LogP contribution < -0.4 is 19.5 Å². The number of halogens is 2. The molecule has 10 heteroatoms. The van der Waals surface area contributed by atoms with E-state index >= 15 is 0 Å². The summed E-state index contributed by atoms with van der Waals surface area (Å²) in [5, 5.41) is 3.07. The summed E-state index contributed by atoms with van der Waals surface area (Å²) in [6.45, 7) is 2.50. The first kappa shape index (κ1) is 21.4. The van der Waals surface area contributed by atoms with E-state index in [1.165, 1.54) is 19.1 Å². The van der Waals surface area contributed by atoms with Gasteiger partial charge in [0.2, 0.25) is 15.9 Å². The minimum atomic E-state index is -4.16. The van der Waals surface area contributed by atoms with Gasteiger partial charge in [-0.2, -0.15) is 4.72 Å². The highest BCUT2D eigenvalue weighted by Gasteiger charge is 2.24. The van der Waals surface area contributed by atoms with Gasteiger partial charge in [-0.3, -0.25) is 4.79 Å². The second kappa shape index (κ2) is 8.98. The lowest BCUT2D eigenvalue weighted by molar-refractivity contribution is -0.122. The first-order valence-electron chi connectivity index (χ1n) is 8.90. The Hall–Kier alpha value is -2.36. The Bertz CT molecular complexity index is 1020. The van der Waals surface area contributed by atoms with E-state index in [-0.39, 0.29) is 6.54 Å². The zero-order chi connectivity index (χ0) is 21.0. The number of amides is 1. The number of carbonyl (C=O) groups excluding carboxylic acids is 1. The molecule has 0 unspecified atom stereocenters. The van der Waals surface area contributed by atoms with E-state index in [0.717, 1.165) is 17.7 Å². The van der Waals surface area contributed by atoms with Crippen LogP contribution in [0.1, 0.15) is 12.5 Å². The molecule has 1 aliphatic rings. The molecule has 1 atom stereocenters. The van der Waals surface area contributed by atoms with Gasteiger partial charge in [-0.05, 0) is 43.2 Å². The van der Waals surface area contributed by atoms with Gasteiger partial charge in [0.15, 0.2) is 11.5 Å². The molecule has 0 saturated heterocycles. The van der Waals surface area contributed by atoms with Gasteiger partial charge >= 0.3 is 0 Å². The summed E-state index contributed by atoms with van der Waals surface area (Å²) in [6.07, 6.45) is 0.453. The molecule has 156 valence electrons. The van der Waals surface area contributed by atoms with Crippen molar-refractivity contribution in [1.29, 1.82) is 0 Å². The maximum Gasteiger partial charge on any atom is 0.244 e. The summed E-state index contributed by atoms with van der Waals surface area (Å²) in [5.41, 5.74) is 0.833. The Morgan fingerprint density at radius 1 is 1.24 bits per heavy atom. The average molecular weight is 443 g/mol. The Balaban J connectivity index is 1.56. The van der Waals surface area contributed by atoms with Crippen molar-refractivity contribution < 1.29 is 27.1 Å². The first-order chi connectivity index (χ1) is 13.8.